The van der Waals surface area contributed by atoms with E-state index in [4.69, 9.17) is 16.3 Å². The summed E-state index contributed by atoms with van der Waals surface area (Å²) in [4.78, 5) is 32.3. The Bertz CT molecular complexity index is 909. The minimum Gasteiger partial charge on any atom is -0.452 e. The molecule has 0 unspecified atom stereocenters. The molecule has 3 rings (SSSR count). The van der Waals surface area contributed by atoms with Crippen LogP contribution in [0.2, 0.25) is 5.02 Å². The summed E-state index contributed by atoms with van der Waals surface area (Å²) >= 11 is 5.84. The van der Waals surface area contributed by atoms with Crippen molar-refractivity contribution in [3.63, 3.8) is 0 Å². The van der Waals surface area contributed by atoms with E-state index in [1.807, 2.05) is 0 Å². The molecule has 0 saturated heterocycles. The van der Waals surface area contributed by atoms with Crippen LogP contribution in [0.3, 0.4) is 0 Å². The maximum Gasteiger partial charge on any atom is 0.340 e. The van der Waals surface area contributed by atoms with Crippen molar-refractivity contribution in [1.82, 2.24) is 9.97 Å². The number of carbonyl (C=O) groups excluding carboxylic acids is 2. The Morgan fingerprint density at radius 3 is 2.71 bits per heavy atom. The topological polar surface area (TPSA) is 81.2 Å². The monoisotopic (exact) mass is 341 g/mol. The van der Waals surface area contributed by atoms with Gasteiger partial charge in [-0.15, -0.1) is 0 Å². The number of amides is 1. The summed E-state index contributed by atoms with van der Waals surface area (Å²) in [5.41, 5.74) is 1.80. The number of aromatic nitrogens is 2. The molecule has 0 atom stereocenters. The number of nitrogens with zero attached hydrogens (tertiary/aromatic N) is 2. The number of fused-ring (bicyclic) bond motifs is 1. The molecule has 3 aromatic rings. The molecule has 1 N–H and O–H groups in total. The number of ether oxygens (including phenoxy) is 1. The summed E-state index contributed by atoms with van der Waals surface area (Å²) in [7, 11) is 0. The zero-order chi connectivity index (χ0) is 16.9. The fourth-order valence-corrected chi connectivity index (χ4v) is 2.32. The fourth-order valence-electron chi connectivity index (χ4n) is 2.13. The van der Waals surface area contributed by atoms with Crippen molar-refractivity contribution >= 4 is 40.2 Å². The van der Waals surface area contributed by atoms with Gasteiger partial charge in [0.2, 0.25) is 0 Å². The van der Waals surface area contributed by atoms with Crippen LogP contribution >= 0.6 is 11.6 Å². The summed E-state index contributed by atoms with van der Waals surface area (Å²) in [5.74, 6) is -1.10. The van der Waals surface area contributed by atoms with Gasteiger partial charge in [-0.1, -0.05) is 23.7 Å². The largest absolute Gasteiger partial charge is 0.452 e. The number of carbonyl (C=O) groups is 2. The maximum atomic E-state index is 12.2. The molecular weight excluding hydrogens is 330 g/mol. The predicted molar refractivity (Wildman–Crippen MR) is 89.9 cm³/mol. The third-order valence-corrected chi connectivity index (χ3v) is 3.40. The van der Waals surface area contributed by atoms with Crippen LogP contribution in [0.15, 0.2) is 54.9 Å². The number of benzene rings is 2. The first-order chi connectivity index (χ1) is 11.6. The van der Waals surface area contributed by atoms with Crippen LogP contribution in [-0.2, 0) is 9.53 Å². The highest BCUT2D eigenvalue weighted by Gasteiger charge is 2.14. The van der Waals surface area contributed by atoms with Gasteiger partial charge in [0, 0.05) is 23.1 Å². The minimum atomic E-state index is -0.637. The van der Waals surface area contributed by atoms with Crippen molar-refractivity contribution in [1.29, 1.82) is 0 Å². The Labute approximate surface area is 142 Å². The van der Waals surface area contributed by atoms with Crippen LogP contribution in [0.5, 0.6) is 0 Å². The molecule has 0 radical (unpaired) electrons. The third kappa shape index (κ3) is 3.67. The van der Waals surface area contributed by atoms with Gasteiger partial charge in [0.25, 0.3) is 5.91 Å². The molecule has 120 valence electrons. The van der Waals surface area contributed by atoms with Gasteiger partial charge >= 0.3 is 5.97 Å². The Morgan fingerprint density at radius 1 is 1.08 bits per heavy atom. The van der Waals surface area contributed by atoms with Crippen molar-refractivity contribution in [2.75, 3.05) is 11.9 Å². The molecule has 1 aromatic heterocycles. The minimum absolute atomic E-state index is 0.260. The zero-order valence-corrected chi connectivity index (χ0v) is 13.2. The highest BCUT2D eigenvalue weighted by Crippen LogP contribution is 2.16. The third-order valence-electron chi connectivity index (χ3n) is 3.16. The summed E-state index contributed by atoms with van der Waals surface area (Å²) in [5, 5.41) is 3.10. The average molecular weight is 342 g/mol. The Morgan fingerprint density at radius 2 is 1.88 bits per heavy atom. The second-order valence-electron chi connectivity index (χ2n) is 4.86. The first-order valence-electron chi connectivity index (χ1n) is 7.06. The lowest BCUT2D eigenvalue weighted by atomic mass is 10.2. The number of rotatable bonds is 4. The summed E-state index contributed by atoms with van der Waals surface area (Å²) in [6.07, 6.45) is 3.03. The zero-order valence-electron chi connectivity index (χ0n) is 12.4. The van der Waals surface area contributed by atoms with E-state index in [0.29, 0.717) is 21.7 Å². The van der Waals surface area contributed by atoms with Crippen LogP contribution in [0, 0.1) is 0 Å². The molecule has 1 amide bonds. The Hall–Kier alpha value is -2.99. The van der Waals surface area contributed by atoms with Crippen molar-refractivity contribution in [2.45, 2.75) is 0 Å². The van der Waals surface area contributed by atoms with Crippen molar-refractivity contribution in [3.05, 3.63) is 65.4 Å². The molecule has 0 spiro atoms. The lowest BCUT2D eigenvalue weighted by molar-refractivity contribution is -0.119. The van der Waals surface area contributed by atoms with E-state index in [9.17, 15) is 9.59 Å². The molecule has 0 aliphatic rings. The molecule has 0 fully saturated rings. The number of anilines is 1. The molecule has 0 aliphatic heterocycles. The Kier molecular flexibility index (Phi) is 4.67. The van der Waals surface area contributed by atoms with Gasteiger partial charge in [0.05, 0.1) is 11.1 Å². The normalized spacial score (nSPS) is 10.4. The smallest absolute Gasteiger partial charge is 0.340 e. The van der Waals surface area contributed by atoms with Crippen molar-refractivity contribution in [2.24, 2.45) is 0 Å². The molecule has 6 nitrogen and oxygen atoms in total. The summed E-state index contributed by atoms with van der Waals surface area (Å²) < 4.78 is 5.05. The predicted octanol–water partition coefficient (Wildman–Crippen LogP) is 3.08. The van der Waals surface area contributed by atoms with Gasteiger partial charge in [-0.2, -0.15) is 0 Å². The van der Waals surface area contributed by atoms with Crippen LogP contribution < -0.4 is 5.32 Å². The lowest BCUT2D eigenvalue weighted by Crippen LogP contribution is -2.21. The van der Waals surface area contributed by atoms with Gasteiger partial charge in [-0.25, -0.2) is 4.79 Å². The summed E-state index contributed by atoms with van der Waals surface area (Å²) in [6, 6.07) is 11.7. The van der Waals surface area contributed by atoms with E-state index in [0.717, 1.165) is 0 Å². The molecule has 0 bridgehead atoms. The van der Waals surface area contributed by atoms with Gasteiger partial charge in [-0.05, 0) is 30.3 Å². The summed E-state index contributed by atoms with van der Waals surface area (Å²) in [6.45, 7) is -0.415. The first-order valence-corrected chi connectivity index (χ1v) is 7.43. The Balaban J connectivity index is 1.65. The molecule has 1 heterocycles. The van der Waals surface area contributed by atoms with E-state index in [1.54, 1.807) is 42.5 Å². The molecule has 0 aliphatic carbocycles. The second-order valence-corrected chi connectivity index (χ2v) is 5.30. The molecular formula is C17H12ClN3O3. The molecule has 2 aromatic carbocycles. The van der Waals surface area contributed by atoms with Crippen LogP contribution in [0.4, 0.5) is 5.69 Å². The van der Waals surface area contributed by atoms with E-state index in [2.05, 4.69) is 15.3 Å². The van der Waals surface area contributed by atoms with Gasteiger partial charge in [0.15, 0.2) is 6.61 Å². The van der Waals surface area contributed by atoms with E-state index in [1.165, 1.54) is 12.4 Å². The number of nitrogens with one attached hydrogen (secondary N) is 1. The van der Waals surface area contributed by atoms with Crippen LogP contribution in [0.1, 0.15) is 10.4 Å². The standard InChI is InChI=1S/C17H12ClN3O3/c18-11-3-1-4-12(9-11)21-15(22)10-24-17(23)13-5-2-6-14-16(13)20-8-7-19-14/h1-9H,10H2,(H,21,22). The van der Waals surface area contributed by atoms with Gasteiger partial charge < -0.3 is 10.1 Å². The second kappa shape index (κ2) is 7.06. The SMILES string of the molecule is O=C(COC(=O)c1cccc2nccnc12)Nc1cccc(Cl)c1. The highest BCUT2D eigenvalue weighted by molar-refractivity contribution is 6.30. The highest BCUT2D eigenvalue weighted by atomic mass is 35.5. The van der Waals surface area contributed by atoms with E-state index >= 15 is 0 Å². The first kappa shape index (κ1) is 15.9. The molecule has 0 saturated carbocycles. The van der Waals surface area contributed by atoms with Crippen LogP contribution in [-0.4, -0.2) is 28.5 Å². The molecule has 24 heavy (non-hydrogen) atoms. The number of hydrogen-bond acceptors (Lipinski definition) is 5. The van der Waals surface area contributed by atoms with Crippen LogP contribution in [0.25, 0.3) is 11.0 Å². The van der Waals surface area contributed by atoms with Gasteiger partial charge in [0.1, 0.15) is 5.52 Å². The quantitative estimate of drug-likeness (QED) is 0.737. The maximum absolute atomic E-state index is 12.2. The number of para-hydroxylation sites is 1. The van der Waals surface area contributed by atoms with Crippen molar-refractivity contribution < 1.29 is 14.3 Å². The number of hydrogen-bond donors (Lipinski definition) is 1. The fraction of sp³-hybridized carbons (Fsp3) is 0.0588. The molecule has 7 heteroatoms. The number of halogens is 1. The lowest BCUT2D eigenvalue weighted by Gasteiger charge is -2.08. The van der Waals surface area contributed by atoms with Gasteiger partial charge in [-0.3, -0.25) is 14.8 Å². The van der Waals surface area contributed by atoms with E-state index < -0.39 is 18.5 Å². The number of esters is 1. The van der Waals surface area contributed by atoms with E-state index in [-0.39, 0.29) is 5.56 Å². The van der Waals surface area contributed by atoms with Crippen molar-refractivity contribution in [3.8, 4) is 0 Å². The average Bonchev–Trinajstić information content (AvgIpc) is 2.59.